The molecule has 0 atom stereocenters. The molecule has 1 aromatic heterocycles. The summed E-state index contributed by atoms with van der Waals surface area (Å²) in [6, 6.07) is 6.05. The molecule has 0 fully saturated rings. The van der Waals surface area contributed by atoms with Gasteiger partial charge in [0.25, 0.3) is 0 Å². The molecule has 2 rings (SSSR count). The van der Waals surface area contributed by atoms with Crippen molar-refractivity contribution < 1.29 is 13.5 Å². The lowest BCUT2D eigenvalue weighted by atomic mass is 10.2. The Morgan fingerprint density at radius 1 is 1.04 bits per heavy atom. The molecule has 0 saturated heterocycles. The van der Waals surface area contributed by atoms with Gasteiger partial charge in [-0.15, -0.1) is 0 Å². The van der Waals surface area contributed by atoms with Gasteiger partial charge in [0.05, 0.1) is 11.5 Å². The van der Waals surface area contributed by atoms with E-state index in [0.717, 1.165) is 6.26 Å². The maximum Gasteiger partial charge on any atom is 0.250 e. The first-order valence-electron chi connectivity index (χ1n) is 7.80. The molecule has 0 saturated carbocycles. The van der Waals surface area contributed by atoms with E-state index in [4.69, 9.17) is 39.9 Å². The summed E-state index contributed by atoms with van der Waals surface area (Å²) >= 11 is 17.7. The van der Waals surface area contributed by atoms with Gasteiger partial charge in [-0.3, -0.25) is 0 Å². The summed E-state index contributed by atoms with van der Waals surface area (Å²) in [7, 11) is -3.31. The molecule has 0 bridgehead atoms. The third kappa shape index (κ3) is 6.70. The Kier molecular flexibility index (Phi) is 7.61. The van der Waals surface area contributed by atoms with Crippen LogP contribution in [0, 0.1) is 0 Å². The largest absolute Gasteiger partial charge is 0.395 e. The Balaban J connectivity index is 2.30. The van der Waals surface area contributed by atoms with Gasteiger partial charge in [0.15, 0.2) is 21.5 Å². The summed E-state index contributed by atoms with van der Waals surface area (Å²) < 4.78 is 21.3. The van der Waals surface area contributed by atoms with Crippen LogP contribution in [0.25, 0.3) is 11.4 Å². The first kappa shape index (κ1) is 22.1. The van der Waals surface area contributed by atoms with Crippen LogP contribution in [0.2, 0.25) is 0 Å². The third-order valence-corrected chi connectivity index (χ3v) is 4.94. The topological polar surface area (TPSA) is 117 Å². The highest BCUT2D eigenvalue weighted by molar-refractivity contribution is 7.90. The fourth-order valence-electron chi connectivity index (χ4n) is 2.03. The Hall–Kier alpha value is -1.23. The zero-order valence-electron chi connectivity index (χ0n) is 14.3. The Labute approximate surface area is 172 Å². The van der Waals surface area contributed by atoms with Crippen LogP contribution in [0.3, 0.4) is 0 Å². The minimum atomic E-state index is -3.31. The van der Waals surface area contributed by atoms with Crippen LogP contribution in [-0.4, -0.2) is 61.0 Å². The first-order chi connectivity index (χ1) is 12.6. The number of aliphatic hydroxyl groups is 1. The van der Waals surface area contributed by atoms with Crippen LogP contribution in [0.1, 0.15) is 5.82 Å². The normalized spacial score (nSPS) is 12.2. The van der Waals surface area contributed by atoms with E-state index < -0.39 is 13.6 Å². The zero-order chi connectivity index (χ0) is 20.1. The Morgan fingerprint density at radius 2 is 1.70 bits per heavy atom. The number of hydrogen-bond donors (Lipinski definition) is 3. The molecule has 1 heterocycles. The number of anilines is 1. The van der Waals surface area contributed by atoms with Gasteiger partial charge in [-0.25, -0.2) is 13.4 Å². The van der Waals surface area contributed by atoms with Crippen LogP contribution in [0.4, 0.5) is 5.95 Å². The Morgan fingerprint density at radius 3 is 2.26 bits per heavy atom. The number of nitrogens with zero attached hydrogens (tertiary/aromatic N) is 3. The van der Waals surface area contributed by atoms with Gasteiger partial charge in [0.1, 0.15) is 0 Å². The standard InChI is InChI=1S/C15H18Cl3N5O3S/c1-27(25,26)11-4-2-10(3-5-11)12-21-13(15(16,17)18)23-14(22-12)20-7-6-19-8-9-24/h2-5,19,24H,6-9H2,1H3,(H,20,21,22,23). The van der Waals surface area contributed by atoms with Crippen LogP contribution < -0.4 is 10.6 Å². The molecule has 148 valence electrons. The average Bonchev–Trinajstić information content (AvgIpc) is 2.60. The van der Waals surface area contributed by atoms with E-state index in [-0.39, 0.29) is 29.1 Å². The number of hydrogen-bond acceptors (Lipinski definition) is 8. The maximum atomic E-state index is 11.6. The van der Waals surface area contributed by atoms with Crippen molar-refractivity contribution in [1.29, 1.82) is 0 Å². The number of aromatic nitrogens is 3. The van der Waals surface area contributed by atoms with Gasteiger partial charge in [-0.05, 0) is 24.3 Å². The van der Waals surface area contributed by atoms with Crippen LogP contribution in [0.15, 0.2) is 29.2 Å². The lowest BCUT2D eigenvalue weighted by Gasteiger charge is -2.13. The van der Waals surface area contributed by atoms with E-state index in [1.165, 1.54) is 12.1 Å². The van der Waals surface area contributed by atoms with Gasteiger partial charge < -0.3 is 15.7 Å². The molecular formula is C15H18Cl3N5O3S. The number of benzene rings is 1. The smallest absolute Gasteiger partial charge is 0.250 e. The second-order valence-corrected chi connectivity index (χ2v) is 9.80. The molecule has 0 radical (unpaired) electrons. The summed E-state index contributed by atoms with van der Waals surface area (Å²) in [4.78, 5) is 12.7. The lowest BCUT2D eigenvalue weighted by molar-refractivity contribution is 0.293. The molecule has 8 nitrogen and oxygen atoms in total. The average molecular weight is 455 g/mol. The molecule has 12 heteroatoms. The fourth-order valence-corrected chi connectivity index (χ4v) is 2.91. The van der Waals surface area contributed by atoms with Crippen molar-refractivity contribution in [2.45, 2.75) is 8.69 Å². The summed E-state index contributed by atoms with van der Waals surface area (Å²) in [5.74, 6) is 0.381. The van der Waals surface area contributed by atoms with Crippen molar-refractivity contribution in [3.8, 4) is 11.4 Å². The minimum Gasteiger partial charge on any atom is -0.395 e. The van der Waals surface area contributed by atoms with Crippen molar-refractivity contribution >= 4 is 50.6 Å². The van der Waals surface area contributed by atoms with Crippen LogP contribution in [-0.2, 0) is 13.6 Å². The number of nitrogens with one attached hydrogen (secondary N) is 2. The van der Waals surface area contributed by atoms with Gasteiger partial charge in [-0.1, -0.05) is 34.8 Å². The summed E-state index contributed by atoms with van der Waals surface area (Å²) in [6.45, 7) is 1.54. The molecule has 0 unspecified atom stereocenters. The molecule has 0 amide bonds. The number of sulfone groups is 1. The van der Waals surface area contributed by atoms with E-state index in [2.05, 4.69) is 25.6 Å². The minimum absolute atomic E-state index is 0.0385. The second-order valence-electron chi connectivity index (χ2n) is 5.50. The number of aliphatic hydroxyl groups excluding tert-OH is 1. The Bertz CT molecular complexity index is 873. The molecule has 2 aromatic rings. The summed E-state index contributed by atoms with van der Waals surface area (Å²) in [6.07, 6.45) is 1.12. The fraction of sp³-hybridized carbons (Fsp3) is 0.400. The molecule has 0 spiro atoms. The first-order valence-corrected chi connectivity index (χ1v) is 10.8. The van der Waals surface area contributed by atoms with E-state index in [1.807, 2.05) is 0 Å². The number of alkyl halides is 3. The van der Waals surface area contributed by atoms with E-state index in [1.54, 1.807) is 12.1 Å². The highest BCUT2D eigenvalue weighted by Gasteiger charge is 2.28. The molecule has 3 N–H and O–H groups in total. The molecule has 0 aliphatic carbocycles. The SMILES string of the molecule is CS(=O)(=O)c1ccc(-c2nc(NCCNCCO)nc(C(Cl)(Cl)Cl)n2)cc1. The van der Waals surface area contributed by atoms with Crippen molar-refractivity contribution in [1.82, 2.24) is 20.3 Å². The van der Waals surface area contributed by atoms with Gasteiger partial charge >= 0.3 is 0 Å². The van der Waals surface area contributed by atoms with Crippen LogP contribution >= 0.6 is 34.8 Å². The zero-order valence-corrected chi connectivity index (χ0v) is 17.4. The predicted molar refractivity (Wildman–Crippen MR) is 106 cm³/mol. The quantitative estimate of drug-likeness (QED) is 0.408. The monoisotopic (exact) mass is 453 g/mol. The third-order valence-electron chi connectivity index (χ3n) is 3.30. The number of rotatable bonds is 8. The van der Waals surface area contributed by atoms with E-state index in [9.17, 15) is 8.42 Å². The molecule has 0 aliphatic rings. The molecular weight excluding hydrogens is 437 g/mol. The number of halogens is 3. The highest BCUT2D eigenvalue weighted by atomic mass is 35.6. The maximum absolute atomic E-state index is 11.6. The molecule has 27 heavy (non-hydrogen) atoms. The van der Waals surface area contributed by atoms with Crippen molar-refractivity contribution in [2.24, 2.45) is 0 Å². The molecule has 0 aliphatic heterocycles. The second kappa shape index (κ2) is 9.31. The van der Waals surface area contributed by atoms with Crippen molar-refractivity contribution in [3.63, 3.8) is 0 Å². The van der Waals surface area contributed by atoms with E-state index in [0.29, 0.717) is 25.2 Å². The van der Waals surface area contributed by atoms with Crippen LogP contribution in [0.5, 0.6) is 0 Å². The predicted octanol–water partition coefficient (Wildman–Crippen LogP) is 1.76. The summed E-state index contributed by atoms with van der Waals surface area (Å²) in [5.41, 5.74) is 0.543. The molecule has 1 aromatic carbocycles. The van der Waals surface area contributed by atoms with Crippen molar-refractivity contribution in [2.75, 3.05) is 37.8 Å². The van der Waals surface area contributed by atoms with Crippen molar-refractivity contribution in [3.05, 3.63) is 30.1 Å². The van der Waals surface area contributed by atoms with Gasteiger partial charge in [0.2, 0.25) is 9.74 Å². The van der Waals surface area contributed by atoms with E-state index >= 15 is 0 Å². The summed E-state index contributed by atoms with van der Waals surface area (Å²) in [5, 5.41) is 14.7. The van der Waals surface area contributed by atoms with Gasteiger partial charge in [-0.2, -0.15) is 9.97 Å². The lowest BCUT2D eigenvalue weighted by Crippen LogP contribution is -2.25. The van der Waals surface area contributed by atoms with Gasteiger partial charge in [0, 0.05) is 31.5 Å². The highest BCUT2D eigenvalue weighted by Crippen LogP contribution is 2.36.